The number of nitrogens with zero attached hydrogens (tertiary/aromatic N) is 1. The predicted octanol–water partition coefficient (Wildman–Crippen LogP) is 9.70. The zero-order chi connectivity index (χ0) is 35.1. The number of aryl methyl sites for hydroxylation is 1. The van der Waals surface area contributed by atoms with E-state index in [2.05, 4.69) is 53.8 Å². The fourth-order valence-electron chi connectivity index (χ4n) is 6.78. The van der Waals surface area contributed by atoms with Crippen LogP contribution in [0, 0.1) is 6.92 Å². The van der Waals surface area contributed by atoms with Crippen molar-refractivity contribution in [3.8, 4) is 39.3 Å². The van der Waals surface area contributed by atoms with Gasteiger partial charge < -0.3 is 19.9 Å². The van der Waals surface area contributed by atoms with Crippen molar-refractivity contribution < 1.29 is 19.4 Å². The van der Waals surface area contributed by atoms with Crippen LogP contribution < -0.4 is 10.7 Å². The van der Waals surface area contributed by atoms with Gasteiger partial charge in [0, 0.05) is 46.6 Å². The Bertz CT molecular complexity index is 2630. The molecule has 1 aliphatic heterocycles. The molecule has 7 heteroatoms. The number of aromatic hydroxyl groups is 1. The van der Waals surface area contributed by atoms with Gasteiger partial charge >= 0.3 is 5.97 Å². The zero-order valence-corrected chi connectivity index (χ0v) is 27.7. The summed E-state index contributed by atoms with van der Waals surface area (Å²) in [5.41, 5.74) is 8.61. The number of phenols is 1. The van der Waals surface area contributed by atoms with E-state index in [0.717, 1.165) is 39.0 Å². The fraction of sp³-hybridized carbons (Fsp3) is 0.0682. The smallest absolute Gasteiger partial charge is 0.336 e. The summed E-state index contributed by atoms with van der Waals surface area (Å²) in [7, 11) is 0. The Morgan fingerprint density at radius 2 is 1.53 bits per heavy atom. The largest absolute Gasteiger partial charge is 0.507 e. The van der Waals surface area contributed by atoms with E-state index in [1.54, 1.807) is 49.4 Å². The number of hydrogen-bond donors (Lipinski definition) is 3. The van der Waals surface area contributed by atoms with Crippen LogP contribution in [0.1, 0.15) is 32.7 Å². The third-order valence-electron chi connectivity index (χ3n) is 9.33. The lowest BCUT2D eigenvalue weighted by atomic mass is 9.89. The third-order valence-corrected chi connectivity index (χ3v) is 9.33. The normalized spacial score (nSPS) is 11.3. The van der Waals surface area contributed by atoms with Gasteiger partial charge in [-0.3, -0.25) is 9.78 Å². The van der Waals surface area contributed by atoms with Gasteiger partial charge in [-0.05, 0) is 77.2 Å². The predicted molar refractivity (Wildman–Crippen MR) is 202 cm³/mol. The van der Waals surface area contributed by atoms with Gasteiger partial charge in [0.25, 0.3) is 0 Å². The molecule has 0 spiro atoms. The van der Waals surface area contributed by atoms with E-state index in [4.69, 9.17) is 9.40 Å². The van der Waals surface area contributed by atoms with Gasteiger partial charge in [-0.25, -0.2) is 4.79 Å². The maximum Gasteiger partial charge on any atom is 0.336 e. The van der Waals surface area contributed by atoms with Crippen LogP contribution in [0.4, 0.5) is 5.69 Å². The number of rotatable bonds is 8. The van der Waals surface area contributed by atoms with Crippen LogP contribution in [0.2, 0.25) is 0 Å². The molecule has 0 atom stereocenters. The second-order valence-corrected chi connectivity index (χ2v) is 12.7. The van der Waals surface area contributed by atoms with Gasteiger partial charge in [0.05, 0.1) is 22.3 Å². The quantitative estimate of drug-likeness (QED) is 0.138. The van der Waals surface area contributed by atoms with Gasteiger partial charge in [0.1, 0.15) is 17.1 Å². The van der Waals surface area contributed by atoms with E-state index in [0.29, 0.717) is 51.0 Å². The summed E-state index contributed by atoms with van der Waals surface area (Å²) in [6.07, 6.45) is 0.675. The van der Waals surface area contributed by atoms with E-state index in [9.17, 15) is 19.8 Å². The molecule has 5 aromatic carbocycles. The molecule has 0 bridgehead atoms. The summed E-state index contributed by atoms with van der Waals surface area (Å²) < 4.78 is 6.45. The molecule has 248 valence electrons. The maximum atomic E-state index is 12.8. The van der Waals surface area contributed by atoms with E-state index < -0.39 is 5.97 Å². The standard InChI is InChI=1S/C44H32N2O5/c1-26-20-35-40(24-39(26)48)51-43-34(41(35)32-14-8-9-15-33(32)44(49)50)18-19-38(47)36(43)25-45-37-23-30(28-12-6-3-7-13-28)22-29-16-17-31(46-42(29)37)21-27-10-4-2-5-11-27/h2-20,22-24,45,47H,21,25H2,1H3,(H,49,50). The monoisotopic (exact) mass is 668 g/mol. The molecule has 8 rings (SSSR count). The Kier molecular flexibility index (Phi) is 8.01. The molecule has 0 amide bonds. The van der Waals surface area contributed by atoms with Gasteiger partial charge in [-0.15, -0.1) is 0 Å². The number of hydrogen-bond acceptors (Lipinski definition) is 6. The van der Waals surface area contributed by atoms with Crippen LogP contribution in [0.25, 0.3) is 55.4 Å². The minimum atomic E-state index is -1.07. The first-order valence-corrected chi connectivity index (χ1v) is 16.7. The molecular weight excluding hydrogens is 636 g/mol. The number of carboxylic acid groups (broad SMARTS) is 1. The van der Waals surface area contributed by atoms with Crippen LogP contribution in [0.15, 0.2) is 143 Å². The number of carboxylic acids is 1. The Balaban J connectivity index is 1.30. The highest BCUT2D eigenvalue weighted by Crippen LogP contribution is 2.44. The number of aromatic carboxylic acids is 1. The molecule has 0 saturated carbocycles. The second kappa shape index (κ2) is 12.9. The van der Waals surface area contributed by atoms with Crippen LogP contribution >= 0.6 is 0 Å². The summed E-state index contributed by atoms with van der Waals surface area (Å²) >= 11 is 0. The minimum Gasteiger partial charge on any atom is -0.507 e. The highest BCUT2D eigenvalue weighted by Gasteiger charge is 2.24. The molecular formula is C44H32N2O5. The summed E-state index contributed by atoms with van der Waals surface area (Å²) in [5.74, 6) is -0.787. The van der Waals surface area contributed by atoms with Crippen molar-refractivity contribution in [1.29, 1.82) is 0 Å². The summed E-state index contributed by atoms with van der Waals surface area (Å²) in [4.78, 5) is 30.4. The maximum absolute atomic E-state index is 12.8. The summed E-state index contributed by atoms with van der Waals surface area (Å²) in [5, 5.41) is 26.6. The Hall–Kier alpha value is -6.73. The number of pyridine rings is 1. The number of fused-ring (bicyclic) bond motifs is 3. The summed E-state index contributed by atoms with van der Waals surface area (Å²) in [6, 6.07) is 41.9. The number of anilines is 1. The van der Waals surface area contributed by atoms with Crippen LogP contribution in [0.3, 0.4) is 0 Å². The first-order valence-electron chi connectivity index (χ1n) is 16.7. The van der Waals surface area contributed by atoms with E-state index in [1.165, 1.54) is 6.07 Å². The molecule has 0 unspecified atom stereocenters. The zero-order valence-electron chi connectivity index (χ0n) is 27.7. The van der Waals surface area contributed by atoms with E-state index in [1.807, 2.05) is 36.4 Å². The van der Waals surface area contributed by atoms with Crippen LogP contribution in [0.5, 0.6) is 5.75 Å². The lowest BCUT2D eigenvalue weighted by Crippen LogP contribution is -2.08. The molecule has 1 aromatic heterocycles. The van der Waals surface area contributed by atoms with Crippen molar-refractivity contribution in [3.63, 3.8) is 0 Å². The van der Waals surface area contributed by atoms with Crippen molar-refractivity contribution in [2.24, 2.45) is 0 Å². The number of carbonyl (C=O) groups is 1. The van der Waals surface area contributed by atoms with Crippen molar-refractivity contribution in [1.82, 2.24) is 4.98 Å². The van der Waals surface area contributed by atoms with Crippen molar-refractivity contribution >= 4 is 33.5 Å². The Labute approximate surface area is 293 Å². The molecule has 3 N–H and O–H groups in total. The van der Waals surface area contributed by atoms with Crippen LogP contribution in [-0.4, -0.2) is 21.2 Å². The van der Waals surface area contributed by atoms with E-state index in [-0.39, 0.29) is 23.3 Å². The van der Waals surface area contributed by atoms with Gasteiger partial charge in [0.15, 0.2) is 5.43 Å². The molecule has 0 saturated heterocycles. The number of aromatic nitrogens is 1. The molecule has 51 heavy (non-hydrogen) atoms. The topological polar surface area (TPSA) is 113 Å². The molecule has 6 aromatic rings. The molecule has 7 nitrogen and oxygen atoms in total. The third kappa shape index (κ3) is 5.95. The van der Waals surface area contributed by atoms with E-state index >= 15 is 0 Å². The average molecular weight is 669 g/mol. The molecule has 2 aliphatic rings. The molecule has 0 radical (unpaired) electrons. The van der Waals surface area contributed by atoms with Gasteiger partial charge in [-0.2, -0.15) is 0 Å². The molecule has 1 aliphatic carbocycles. The minimum absolute atomic E-state index is 0.00808. The fourth-order valence-corrected chi connectivity index (χ4v) is 6.78. The van der Waals surface area contributed by atoms with Gasteiger partial charge in [0.2, 0.25) is 0 Å². The van der Waals surface area contributed by atoms with Crippen molar-refractivity contribution in [3.05, 3.63) is 172 Å². The average Bonchev–Trinajstić information content (AvgIpc) is 3.15. The number of benzene rings is 6. The van der Waals surface area contributed by atoms with Crippen LogP contribution in [-0.2, 0) is 13.0 Å². The summed E-state index contributed by atoms with van der Waals surface area (Å²) in [6.45, 7) is 1.87. The Morgan fingerprint density at radius 3 is 2.31 bits per heavy atom. The van der Waals surface area contributed by atoms with Crippen molar-refractivity contribution in [2.75, 3.05) is 5.32 Å². The lowest BCUT2D eigenvalue weighted by molar-refractivity contribution is 0.0697. The van der Waals surface area contributed by atoms with Gasteiger partial charge in [-0.1, -0.05) is 84.9 Å². The highest BCUT2D eigenvalue weighted by atomic mass is 16.4. The second-order valence-electron chi connectivity index (χ2n) is 12.7. The molecule has 2 heterocycles. The SMILES string of the molecule is Cc1cc2c(-c3ccccc3C(=O)O)c3ccc(O)c(CNc4cc(-c5ccccc5)cc5ccc(Cc6ccccc6)nc45)c3oc-2cc1=O. The first-order chi connectivity index (χ1) is 24.8. The molecule has 0 fully saturated rings. The number of phenolic OH excluding ortho intramolecular Hbond substituents is 1. The Morgan fingerprint density at radius 1 is 0.784 bits per heavy atom. The first kappa shape index (κ1) is 31.5. The van der Waals surface area contributed by atoms with Crippen molar-refractivity contribution in [2.45, 2.75) is 19.9 Å². The highest BCUT2D eigenvalue weighted by molar-refractivity contribution is 6.08. The lowest BCUT2D eigenvalue weighted by Gasteiger charge is -2.20. The number of nitrogens with one attached hydrogen (secondary N) is 1.